The summed E-state index contributed by atoms with van der Waals surface area (Å²) >= 11 is 0. The van der Waals surface area contributed by atoms with Crippen molar-refractivity contribution >= 4 is 17.9 Å². The van der Waals surface area contributed by atoms with Crippen LogP contribution in [0, 0.1) is 0 Å². The SMILES string of the molecule is CC/C=C\C/C=C\C/C=C\C/C=C\CCCCCCCCCCCCCCC(=O)OCC(COC(=O)CCCCCCCCCCC)OC(=O)CCCCCCCCCCCCCCCCCC. The minimum Gasteiger partial charge on any atom is -0.462 e. The number of unbranched alkanes of at least 4 members (excludes halogenated alkanes) is 35. The lowest BCUT2D eigenvalue weighted by Crippen LogP contribution is -2.30. The van der Waals surface area contributed by atoms with Crippen molar-refractivity contribution in [1.82, 2.24) is 0 Å². The van der Waals surface area contributed by atoms with Gasteiger partial charge in [0.1, 0.15) is 13.2 Å². The molecule has 0 bridgehead atoms. The van der Waals surface area contributed by atoms with Crippen molar-refractivity contribution in [3.8, 4) is 0 Å². The topological polar surface area (TPSA) is 78.9 Å². The fraction of sp³-hybridized carbons (Fsp3) is 0.823. The average molecular weight is 954 g/mol. The third kappa shape index (κ3) is 54.3. The molecule has 6 heteroatoms. The van der Waals surface area contributed by atoms with Gasteiger partial charge in [0, 0.05) is 19.3 Å². The largest absolute Gasteiger partial charge is 0.462 e. The van der Waals surface area contributed by atoms with Crippen LogP contribution in [0.4, 0.5) is 0 Å². The lowest BCUT2D eigenvalue weighted by molar-refractivity contribution is -0.167. The van der Waals surface area contributed by atoms with Crippen LogP contribution in [0.25, 0.3) is 0 Å². The van der Waals surface area contributed by atoms with Crippen LogP contribution in [0.1, 0.15) is 310 Å². The van der Waals surface area contributed by atoms with Gasteiger partial charge in [0.15, 0.2) is 6.10 Å². The summed E-state index contributed by atoms with van der Waals surface area (Å²) in [5, 5.41) is 0. The number of hydrogen-bond donors (Lipinski definition) is 0. The molecule has 0 aromatic rings. The van der Waals surface area contributed by atoms with Crippen LogP contribution in [0.2, 0.25) is 0 Å². The highest BCUT2D eigenvalue weighted by molar-refractivity contribution is 5.71. The summed E-state index contributed by atoms with van der Waals surface area (Å²) in [6.45, 7) is 6.55. The molecule has 0 saturated carbocycles. The van der Waals surface area contributed by atoms with E-state index < -0.39 is 6.10 Å². The first-order chi connectivity index (χ1) is 33.5. The molecule has 6 nitrogen and oxygen atoms in total. The highest BCUT2D eigenvalue weighted by Crippen LogP contribution is 2.17. The monoisotopic (exact) mass is 953 g/mol. The van der Waals surface area contributed by atoms with Gasteiger partial charge in [-0.05, 0) is 57.8 Å². The zero-order chi connectivity index (χ0) is 49.3. The van der Waals surface area contributed by atoms with Gasteiger partial charge >= 0.3 is 17.9 Å². The molecule has 0 aromatic heterocycles. The van der Waals surface area contributed by atoms with Crippen molar-refractivity contribution in [2.45, 2.75) is 316 Å². The first-order valence-electron chi connectivity index (χ1n) is 29.6. The third-order valence-corrected chi connectivity index (χ3v) is 13.1. The highest BCUT2D eigenvalue weighted by atomic mass is 16.6. The fourth-order valence-electron chi connectivity index (χ4n) is 8.67. The van der Waals surface area contributed by atoms with E-state index in [0.717, 1.165) is 83.5 Å². The van der Waals surface area contributed by atoms with Crippen LogP contribution in [0.3, 0.4) is 0 Å². The Kier molecular flexibility index (Phi) is 54.8. The Morgan fingerprint density at radius 2 is 0.574 bits per heavy atom. The van der Waals surface area contributed by atoms with Gasteiger partial charge in [-0.15, -0.1) is 0 Å². The molecule has 1 unspecified atom stereocenters. The first-order valence-corrected chi connectivity index (χ1v) is 29.6. The van der Waals surface area contributed by atoms with Gasteiger partial charge in [-0.25, -0.2) is 0 Å². The summed E-state index contributed by atoms with van der Waals surface area (Å²) in [5.74, 6) is -0.856. The van der Waals surface area contributed by atoms with Gasteiger partial charge in [-0.3, -0.25) is 14.4 Å². The molecular formula is C62H112O6. The smallest absolute Gasteiger partial charge is 0.306 e. The molecular weight excluding hydrogens is 841 g/mol. The number of carbonyl (C=O) groups is 3. The van der Waals surface area contributed by atoms with Crippen LogP contribution in [-0.2, 0) is 28.6 Å². The molecule has 0 amide bonds. The Labute approximate surface area is 422 Å². The summed E-state index contributed by atoms with van der Waals surface area (Å²) in [6, 6.07) is 0. The number of rotatable bonds is 54. The summed E-state index contributed by atoms with van der Waals surface area (Å²) in [6.07, 6.45) is 69.7. The molecule has 0 spiro atoms. The number of hydrogen-bond acceptors (Lipinski definition) is 6. The Morgan fingerprint density at radius 3 is 0.897 bits per heavy atom. The molecule has 68 heavy (non-hydrogen) atoms. The maximum absolute atomic E-state index is 12.8. The van der Waals surface area contributed by atoms with Gasteiger partial charge in [0.25, 0.3) is 0 Å². The molecule has 0 rings (SSSR count). The molecule has 0 aliphatic heterocycles. The van der Waals surface area contributed by atoms with Crippen molar-refractivity contribution < 1.29 is 28.6 Å². The quantitative estimate of drug-likeness (QED) is 0.0262. The van der Waals surface area contributed by atoms with Gasteiger partial charge in [0.2, 0.25) is 0 Å². The Hall–Kier alpha value is -2.63. The van der Waals surface area contributed by atoms with E-state index in [4.69, 9.17) is 14.2 Å². The molecule has 396 valence electrons. The number of allylic oxidation sites excluding steroid dienone is 8. The predicted octanol–water partition coefficient (Wildman–Crippen LogP) is 19.8. The van der Waals surface area contributed by atoms with E-state index in [1.165, 1.54) is 186 Å². The molecule has 0 aliphatic carbocycles. The fourth-order valence-corrected chi connectivity index (χ4v) is 8.67. The van der Waals surface area contributed by atoms with Crippen molar-refractivity contribution in [2.24, 2.45) is 0 Å². The van der Waals surface area contributed by atoms with Gasteiger partial charge in [-0.1, -0.05) is 281 Å². The molecule has 0 radical (unpaired) electrons. The Morgan fingerprint density at radius 1 is 0.309 bits per heavy atom. The second-order valence-corrected chi connectivity index (χ2v) is 19.9. The average Bonchev–Trinajstić information content (AvgIpc) is 3.34. The van der Waals surface area contributed by atoms with Crippen molar-refractivity contribution in [2.75, 3.05) is 13.2 Å². The van der Waals surface area contributed by atoms with E-state index in [1.807, 2.05) is 0 Å². The highest BCUT2D eigenvalue weighted by Gasteiger charge is 2.19. The molecule has 0 aliphatic rings. The zero-order valence-electron chi connectivity index (χ0n) is 45.4. The second kappa shape index (κ2) is 57.0. The standard InChI is InChI=1S/C62H112O6/c1-4-7-10-13-16-19-21-23-25-27-28-29-30-31-32-33-34-35-37-38-40-43-46-49-52-55-61(64)67-58-59(57-66-60(63)54-51-48-45-42-18-15-12-9-6-3)68-62(65)56-53-50-47-44-41-39-36-26-24-22-20-17-14-11-8-5-2/h7,10,16,19,23,25,28-29,59H,4-6,8-9,11-15,17-18,20-22,24,26-27,30-58H2,1-3H3/b10-7-,19-16-,25-23-,29-28-. The van der Waals surface area contributed by atoms with Crippen LogP contribution in [-0.4, -0.2) is 37.2 Å². The lowest BCUT2D eigenvalue weighted by Gasteiger charge is -2.18. The molecule has 0 N–H and O–H groups in total. The summed E-state index contributed by atoms with van der Waals surface area (Å²) in [5.41, 5.74) is 0. The van der Waals surface area contributed by atoms with Crippen LogP contribution >= 0.6 is 0 Å². The summed E-state index contributed by atoms with van der Waals surface area (Å²) in [7, 11) is 0. The predicted molar refractivity (Wildman–Crippen MR) is 293 cm³/mol. The third-order valence-electron chi connectivity index (χ3n) is 13.1. The molecule has 0 heterocycles. The van der Waals surface area contributed by atoms with Crippen LogP contribution < -0.4 is 0 Å². The Bertz CT molecular complexity index is 1190. The summed E-state index contributed by atoms with van der Waals surface area (Å²) in [4.78, 5) is 38.1. The maximum Gasteiger partial charge on any atom is 0.306 e. The van der Waals surface area contributed by atoms with Crippen LogP contribution in [0.5, 0.6) is 0 Å². The minimum atomic E-state index is -0.768. The summed E-state index contributed by atoms with van der Waals surface area (Å²) < 4.78 is 16.9. The van der Waals surface area contributed by atoms with Gasteiger partial charge in [-0.2, -0.15) is 0 Å². The lowest BCUT2D eigenvalue weighted by atomic mass is 10.0. The van der Waals surface area contributed by atoms with Crippen molar-refractivity contribution in [3.63, 3.8) is 0 Å². The first kappa shape index (κ1) is 65.4. The minimum absolute atomic E-state index is 0.0685. The van der Waals surface area contributed by atoms with Crippen molar-refractivity contribution in [3.05, 3.63) is 48.6 Å². The van der Waals surface area contributed by atoms with Crippen LogP contribution in [0.15, 0.2) is 48.6 Å². The number of carbonyl (C=O) groups excluding carboxylic acids is 3. The van der Waals surface area contributed by atoms with Gasteiger partial charge < -0.3 is 14.2 Å². The van der Waals surface area contributed by atoms with E-state index in [-0.39, 0.29) is 31.1 Å². The Balaban J connectivity index is 4.18. The van der Waals surface area contributed by atoms with E-state index in [9.17, 15) is 14.4 Å². The molecule has 0 aromatic carbocycles. The zero-order valence-corrected chi connectivity index (χ0v) is 45.4. The second-order valence-electron chi connectivity index (χ2n) is 19.9. The number of ether oxygens (including phenoxy) is 3. The molecule has 0 saturated heterocycles. The maximum atomic E-state index is 12.8. The normalized spacial score (nSPS) is 12.3. The molecule has 0 fully saturated rings. The molecule has 1 atom stereocenters. The number of esters is 3. The van der Waals surface area contributed by atoms with Crippen molar-refractivity contribution in [1.29, 1.82) is 0 Å². The van der Waals surface area contributed by atoms with E-state index in [2.05, 4.69) is 69.4 Å². The van der Waals surface area contributed by atoms with E-state index in [0.29, 0.717) is 19.3 Å². The van der Waals surface area contributed by atoms with Gasteiger partial charge in [0.05, 0.1) is 0 Å². The van der Waals surface area contributed by atoms with E-state index in [1.54, 1.807) is 0 Å². The van der Waals surface area contributed by atoms with E-state index >= 15 is 0 Å².